The lowest BCUT2D eigenvalue weighted by atomic mass is 10.5. The van der Waals surface area contributed by atoms with E-state index in [2.05, 4.69) is 43.7 Å². The molecule has 0 aliphatic heterocycles. The van der Waals surface area contributed by atoms with Crippen molar-refractivity contribution < 1.29 is 34.4 Å². The molecule has 0 amide bonds. The third-order valence-electron chi connectivity index (χ3n) is 2.44. The number of aromatic nitrogens is 2. The van der Waals surface area contributed by atoms with Crippen LogP contribution in [0.1, 0.15) is 0 Å². The molecule has 2 heterocycles. The van der Waals surface area contributed by atoms with E-state index in [9.17, 15) is 9.59 Å². The normalized spacial score (nSPS) is 8.54. The van der Waals surface area contributed by atoms with Gasteiger partial charge in [-0.3, -0.25) is 0 Å². The van der Waals surface area contributed by atoms with Gasteiger partial charge in [0.2, 0.25) is 0 Å². The number of methoxy groups -OCH3 is 2. The summed E-state index contributed by atoms with van der Waals surface area (Å²) in [6.45, 7) is 0.502. The summed E-state index contributed by atoms with van der Waals surface area (Å²) in [6.07, 6.45) is 5.05. The molecule has 2 rings (SSSR count). The fraction of sp³-hybridized carbons (Fsp3) is 0.429. The van der Waals surface area contributed by atoms with Crippen LogP contribution in [-0.2, 0) is 9.47 Å². The number of thiol groups is 1. The third-order valence-corrected chi connectivity index (χ3v) is 7.84. The summed E-state index contributed by atoms with van der Waals surface area (Å²) in [6, 6.07) is 11.4. The number of carbonyl (C=O) groups excluding carboxylic acids is 2. The molecule has 2 aromatic rings. The minimum Gasteiger partial charge on any atom is -0.460 e. The Morgan fingerprint density at radius 2 is 1.54 bits per heavy atom. The molecule has 9 nitrogen and oxygen atoms in total. The van der Waals surface area contributed by atoms with Crippen molar-refractivity contribution in [2.75, 3.05) is 57.7 Å². The van der Waals surface area contributed by atoms with E-state index in [1.165, 1.54) is 31.4 Å². The number of aliphatic hydroxyl groups excluding tert-OH is 3. The minimum absolute atomic E-state index is 0.0919. The van der Waals surface area contributed by atoms with E-state index in [1.54, 1.807) is 27.8 Å². The predicted molar refractivity (Wildman–Crippen MR) is 179 cm³/mol. The van der Waals surface area contributed by atoms with Gasteiger partial charge in [0.25, 0.3) is 0 Å². The molecule has 39 heavy (non-hydrogen) atoms. The van der Waals surface area contributed by atoms with Crippen molar-refractivity contribution >= 4 is 112 Å². The molecular formula is C21H34Cl2N2O7S7. The highest BCUT2D eigenvalue weighted by Gasteiger charge is 1.98. The van der Waals surface area contributed by atoms with Gasteiger partial charge in [0, 0.05) is 46.8 Å². The zero-order valence-corrected chi connectivity index (χ0v) is 28.7. The number of hydrogen-bond donors (Lipinski definition) is 5. The van der Waals surface area contributed by atoms with Crippen molar-refractivity contribution in [1.82, 2.24) is 9.97 Å². The van der Waals surface area contributed by atoms with Crippen LogP contribution in [0, 0.1) is 4.64 Å². The minimum atomic E-state index is -0.475. The number of aromatic amines is 1. The highest BCUT2D eigenvalue weighted by molar-refractivity contribution is 8.82. The lowest BCUT2D eigenvalue weighted by molar-refractivity contribution is 0.200. The fourth-order valence-electron chi connectivity index (χ4n) is 1.11. The van der Waals surface area contributed by atoms with Gasteiger partial charge >= 0.3 is 10.6 Å². The lowest BCUT2D eigenvalue weighted by Gasteiger charge is -1.95. The highest BCUT2D eigenvalue weighted by Crippen LogP contribution is 2.28. The Labute approximate surface area is 270 Å². The SMILES string of the molecule is CCl.COC(=O)SCl.COC(=O)SSCCO.OCCS.OCCSSc1ccccn1.S=c1cccc[nH]1. The molecule has 0 aliphatic rings. The average Bonchev–Trinajstić information content (AvgIpc) is 3.00. The summed E-state index contributed by atoms with van der Waals surface area (Å²) in [7, 11) is 13.5. The summed E-state index contributed by atoms with van der Waals surface area (Å²) in [5, 5.41) is 24.7. The third kappa shape index (κ3) is 45.2. The van der Waals surface area contributed by atoms with Crippen molar-refractivity contribution in [3.8, 4) is 0 Å². The molecule has 0 saturated carbocycles. The second kappa shape index (κ2) is 42.5. The van der Waals surface area contributed by atoms with Gasteiger partial charge in [-0.1, -0.05) is 45.9 Å². The Morgan fingerprint density at radius 3 is 1.87 bits per heavy atom. The number of nitrogens with zero attached hydrogens (tertiary/aromatic N) is 1. The number of pyridine rings is 2. The van der Waals surface area contributed by atoms with Crippen LogP contribution in [-0.4, -0.2) is 93.6 Å². The molecule has 226 valence electrons. The standard InChI is InChI=1S/C7H9NOS2.C5H5NS.C4H8O3S2.C2H3ClO2S.C2H6OS.CH3Cl/c9-5-6-10-11-7-3-1-2-4-8-7;7-5-3-1-2-4-6-5;1-7-4(6)9-8-3-2-5;1-5-2(4)6-3;3-1-2-4;1-2/h1-4,9H,5-6H2;1-4H,(H,6,7);5H,2-3H2,1H3;1H3;3-4H,1-2H2;1H3. The Morgan fingerprint density at radius 1 is 0.974 bits per heavy atom. The molecule has 0 spiro atoms. The first kappa shape index (κ1) is 46.0. The second-order valence-electron chi connectivity index (χ2n) is 5.09. The number of aliphatic hydroxyl groups is 3. The Hall–Kier alpha value is 0.0200. The van der Waals surface area contributed by atoms with Gasteiger partial charge in [0.15, 0.2) is 0 Å². The van der Waals surface area contributed by atoms with E-state index >= 15 is 0 Å². The molecule has 0 saturated heterocycles. The van der Waals surface area contributed by atoms with Crippen LogP contribution in [0.2, 0.25) is 0 Å². The molecule has 0 unspecified atom stereocenters. The van der Waals surface area contributed by atoms with Gasteiger partial charge in [-0.25, -0.2) is 14.6 Å². The van der Waals surface area contributed by atoms with Crippen LogP contribution >= 0.6 is 101 Å². The van der Waals surface area contributed by atoms with E-state index in [4.69, 9.17) is 38.2 Å². The molecule has 4 N–H and O–H groups in total. The van der Waals surface area contributed by atoms with Crippen LogP contribution < -0.4 is 0 Å². The van der Waals surface area contributed by atoms with Crippen LogP contribution in [0.3, 0.4) is 0 Å². The summed E-state index contributed by atoms with van der Waals surface area (Å²) >= 11 is 13.1. The predicted octanol–water partition coefficient (Wildman–Crippen LogP) is 7.09. The molecule has 0 aromatic carbocycles. The van der Waals surface area contributed by atoms with Gasteiger partial charge in [-0.05, 0) is 45.7 Å². The molecule has 0 bridgehead atoms. The van der Waals surface area contributed by atoms with Gasteiger partial charge in [0.05, 0.1) is 45.0 Å². The van der Waals surface area contributed by atoms with Gasteiger partial charge in [0.1, 0.15) is 9.67 Å². The van der Waals surface area contributed by atoms with Crippen LogP contribution in [0.5, 0.6) is 0 Å². The van der Waals surface area contributed by atoms with Crippen molar-refractivity contribution in [1.29, 1.82) is 0 Å². The molecule has 0 radical (unpaired) electrons. The summed E-state index contributed by atoms with van der Waals surface area (Å²) in [5.41, 5.74) is 0. The van der Waals surface area contributed by atoms with Gasteiger partial charge in [-0.2, -0.15) is 12.6 Å². The first-order valence-corrected chi connectivity index (χ1v) is 18.3. The number of carbonyl (C=O) groups is 2. The zero-order chi connectivity index (χ0) is 30.6. The maximum atomic E-state index is 10.3. The van der Waals surface area contributed by atoms with Crippen molar-refractivity contribution in [3.05, 3.63) is 53.4 Å². The number of rotatable bonds is 8. The molecule has 18 heteroatoms. The first-order valence-electron chi connectivity index (χ1n) is 10.3. The van der Waals surface area contributed by atoms with Crippen molar-refractivity contribution in [2.24, 2.45) is 0 Å². The fourth-order valence-corrected chi connectivity index (χ4v) is 4.44. The van der Waals surface area contributed by atoms with Crippen molar-refractivity contribution in [3.63, 3.8) is 0 Å². The number of hydrogen-bond acceptors (Lipinski definition) is 15. The van der Waals surface area contributed by atoms with E-state index < -0.39 is 5.30 Å². The topological polar surface area (TPSA) is 142 Å². The molecule has 0 fully saturated rings. The maximum absolute atomic E-state index is 10.3. The summed E-state index contributed by atoms with van der Waals surface area (Å²) in [5.74, 6) is 1.88. The summed E-state index contributed by atoms with van der Waals surface area (Å²) in [4.78, 5) is 27.1. The molecular weight excluding hydrogens is 688 g/mol. The number of nitrogens with one attached hydrogen (secondary N) is 1. The molecule has 0 atom stereocenters. The Kier molecular flexibility index (Phi) is 50.1. The smallest absolute Gasteiger partial charge is 0.382 e. The largest absolute Gasteiger partial charge is 0.460 e. The lowest BCUT2D eigenvalue weighted by Crippen LogP contribution is -1.89. The van der Waals surface area contributed by atoms with E-state index in [0.29, 0.717) is 22.5 Å². The number of alkyl halides is 1. The van der Waals surface area contributed by atoms with Crippen LogP contribution in [0.25, 0.3) is 0 Å². The molecule has 2 aromatic heterocycles. The Balaban J connectivity index is -0.000000200. The van der Waals surface area contributed by atoms with Crippen LogP contribution in [0.15, 0.2) is 53.8 Å². The number of halogens is 2. The Bertz CT molecular complexity index is 792. The quantitative estimate of drug-likeness (QED) is 0.0473. The van der Waals surface area contributed by atoms with E-state index in [-0.39, 0.29) is 25.1 Å². The second-order valence-corrected chi connectivity index (χ2v) is 11.7. The van der Waals surface area contributed by atoms with Crippen LogP contribution in [0.4, 0.5) is 9.59 Å². The molecule has 0 aliphatic carbocycles. The average molecular weight is 722 g/mol. The summed E-state index contributed by atoms with van der Waals surface area (Å²) < 4.78 is 9.19. The van der Waals surface area contributed by atoms with E-state index in [1.807, 2.05) is 42.6 Å². The highest BCUT2D eigenvalue weighted by atomic mass is 35.7. The van der Waals surface area contributed by atoms with Gasteiger partial charge < -0.3 is 29.8 Å². The zero-order valence-electron chi connectivity index (χ0n) is 21.4. The number of ether oxygens (including phenoxy) is 2. The van der Waals surface area contributed by atoms with E-state index in [0.717, 1.165) is 26.2 Å². The number of H-pyrrole nitrogens is 1. The maximum Gasteiger partial charge on any atom is 0.382 e. The van der Waals surface area contributed by atoms with Crippen molar-refractivity contribution in [2.45, 2.75) is 5.03 Å². The first-order chi connectivity index (χ1) is 18.9. The monoisotopic (exact) mass is 720 g/mol. The van der Waals surface area contributed by atoms with Gasteiger partial charge in [-0.15, -0.1) is 11.6 Å².